The van der Waals surface area contributed by atoms with Crippen LogP contribution in [-0.2, 0) is 16.0 Å². The van der Waals surface area contributed by atoms with E-state index in [9.17, 15) is 14.7 Å². The number of likely N-dealkylation sites (N-methyl/N-ethyl adjacent to an activating group) is 1. The van der Waals surface area contributed by atoms with Gasteiger partial charge < -0.3 is 25.4 Å². The van der Waals surface area contributed by atoms with E-state index in [1.165, 1.54) is 0 Å². The number of nitrogens with zero attached hydrogens (tertiary/aromatic N) is 2. The van der Waals surface area contributed by atoms with Crippen LogP contribution in [0.15, 0.2) is 24.3 Å². The first-order valence-electron chi connectivity index (χ1n) is 9.84. The smallest absolute Gasteiger partial charge is 0.410 e. The first-order valence-corrected chi connectivity index (χ1v) is 10.2. The normalized spacial score (nSPS) is 20.9. The lowest BCUT2D eigenvalue weighted by Gasteiger charge is -2.49. The minimum atomic E-state index is -1.00. The van der Waals surface area contributed by atoms with Gasteiger partial charge in [-0.05, 0) is 57.7 Å². The van der Waals surface area contributed by atoms with Gasteiger partial charge in [-0.1, -0.05) is 23.7 Å². The Morgan fingerprint density at radius 1 is 1.34 bits per heavy atom. The van der Waals surface area contributed by atoms with Crippen LogP contribution in [0.25, 0.3) is 0 Å². The number of rotatable bonds is 5. The van der Waals surface area contributed by atoms with Crippen molar-refractivity contribution in [1.29, 1.82) is 0 Å². The number of piperidine rings is 1. The van der Waals surface area contributed by atoms with E-state index >= 15 is 0 Å². The molecule has 29 heavy (non-hydrogen) atoms. The standard InChI is InChI=1S/C21H32ClN3O4/c1-20(2,3)29-19(28)25-11-5-10-21(14-25,24(4)18(27)17(23)13-26)12-15-6-8-16(22)9-7-15/h6-9,17,26H,5,10-14,23H2,1-4H3/t17?,21-/m1/s1. The average molecular weight is 426 g/mol. The lowest BCUT2D eigenvalue weighted by molar-refractivity contribution is -0.140. The number of benzene rings is 1. The van der Waals surface area contributed by atoms with E-state index in [2.05, 4.69) is 0 Å². The lowest BCUT2D eigenvalue weighted by atomic mass is 9.81. The van der Waals surface area contributed by atoms with Gasteiger partial charge in [0.15, 0.2) is 0 Å². The van der Waals surface area contributed by atoms with Crippen LogP contribution in [0.5, 0.6) is 0 Å². The number of ether oxygens (including phenoxy) is 1. The molecule has 0 radical (unpaired) electrons. The van der Waals surface area contributed by atoms with Gasteiger partial charge in [0.25, 0.3) is 0 Å². The first-order chi connectivity index (χ1) is 13.5. The van der Waals surface area contributed by atoms with Gasteiger partial charge in [0.2, 0.25) is 5.91 Å². The van der Waals surface area contributed by atoms with Gasteiger partial charge >= 0.3 is 6.09 Å². The molecule has 162 valence electrons. The summed E-state index contributed by atoms with van der Waals surface area (Å²) in [7, 11) is 1.69. The van der Waals surface area contributed by atoms with Crippen LogP contribution < -0.4 is 5.73 Å². The summed E-state index contributed by atoms with van der Waals surface area (Å²) in [6.07, 6.45) is 1.56. The molecule has 1 heterocycles. The molecular formula is C21H32ClN3O4. The number of nitrogens with two attached hydrogens (primary N) is 1. The highest BCUT2D eigenvalue weighted by Crippen LogP contribution is 2.32. The quantitative estimate of drug-likeness (QED) is 0.755. The van der Waals surface area contributed by atoms with Gasteiger partial charge in [-0.2, -0.15) is 0 Å². The van der Waals surface area contributed by atoms with Crippen LogP contribution in [0.4, 0.5) is 4.79 Å². The molecule has 0 bridgehead atoms. The molecule has 1 aliphatic heterocycles. The van der Waals surface area contributed by atoms with Gasteiger partial charge in [0, 0.05) is 25.2 Å². The summed E-state index contributed by atoms with van der Waals surface area (Å²) in [4.78, 5) is 28.8. The van der Waals surface area contributed by atoms with Crippen LogP contribution >= 0.6 is 11.6 Å². The first kappa shape index (κ1) is 23.4. The van der Waals surface area contributed by atoms with Crippen molar-refractivity contribution in [3.8, 4) is 0 Å². The molecule has 1 saturated heterocycles. The highest BCUT2D eigenvalue weighted by Gasteiger charge is 2.44. The number of amides is 2. The summed E-state index contributed by atoms with van der Waals surface area (Å²) in [5.41, 5.74) is 5.55. The zero-order valence-electron chi connectivity index (χ0n) is 17.7. The van der Waals surface area contributed by atoms with Crippen LogP contribution in [0.2, 0.25) is 5.02 Å². The molecule has 0 spiro atoms. The third kappa shape index (κ3) is 6.07. The van der Waals surface area contributed by atoms with Gasteiger partial charge in [0.1, 0.15) is 11.6 Å². The maximum absolute atomic E-state index is 12.8. The molecule has 1 aromatic rings. The number of hydrogen-bond donors (Lipinski definition) is 2. The molecule has 1 fully saturated rings. The maximum atomic E-state index is 12.8. The Morgan fingerprint density at radius 2 is 1.97 bits per heavy atom. The highest BCUT2D eigenvalue weighted by atomic mass is 35.5. The fraction of sp³-hybridized carbons (Fsp3) is 0.619. The number of hydrogen-bond acceptors (Lipinski definition) is 5. The molecule has 2 atom stereocenters. The van der Waals surface area contributed by atoms with Crippen LogP contribution in [-0.4, -0.2) is 70.8 Å². The van der Waals surface area contributed by atoms with E-state index in [4.69, 9.17) is 22.1 Å². The Bertz CT molecular complexity index is 720. The Balaban J connectivity index is 2.34. The second-order valence-electron chi connectivity index (χ2n) is 8.72. The largest absolute Gasteiger partial charge is 0.444 e. The average Bonchev–Trinajstić information content (AvgIpc) is 2.66. The van der Waals surface area contributed by atoms with Crippen molar-refractivity contribution < 1.29 is 19.4 Å². The van der Waals surface area contributed by atoms with Crippen LogP contribution in [0.1, 0.15) is 39.2 Å². The van der Waals surface area contributed by atoms with Gasteiger partial charge in [-0.3, -0.25) is 4.79 Å². The zero-order valence-corrected chi connectivity index (χ0v) is 18.4. The molecule has 1 aromatic carbocycles. The molecule has 1 aliphatic rings. The third-order valence-electron chi connectivity index (χ3n) is 5.21. The molecular weight excluding hydrogens is 394 g/mol. The molecule has 0 aromatic heterocycles. The van der Waals surface area contributed by atoms with Gasteiger partial charge in [0.05, 0.1) is 12.1 Å². The Hall–Kier alpha value is -1.83. The topological polar surface area (TPSA) is 96.1 Å². The van der Waals surface area contributed by atoms with Crippen molar-refractivity contribution >= 4 is 23.6 Å². The van der Waals surface area contributed by atoms with E-state index in [0.29, 0.717) is 31.0 Å². The summed E-state index contributed by atoms with van der Waals surface area (Å²) in [5.74, 6) is -0.354. The fourth-order valence-electron chi connectivity index (χ4n) is 3.67. The lowest BCUT2D eigenvalue weighted by Crippen LogP contribution is -2.64. The summed E-state index contributed by atoms with van der Waals surface area (Å²) >= 11 is 6.01. The minimum absolute atomic E-state index is 0.324. The molecule has 7 nitrogen and oxygen atoms in total. The van der Waals surface area contributed by atoms with E-state index in [-0.39, 0.29) is 5.91 Å². The number of halogens is 1. The second-order valence-corrected chi connectivity index (χ2v) is 9.16. The summed E-state index contributed by atoms with van der Waals surface area (Å²) in [5, 5.41) is 9.99. The number of aliphatic hydroxyl groups excluding tert-OH is 1. The Kier molecular flexibility index (Phi) is 7.54. The fourth-order valence-corrected chi connectivity index (χ4v) is 3.80. The van der Waals surface area contributed by atoms with Crippen molar-refractivity contribution in [3.63, 3.8) is 0 Å². The zero-order chi connectivity index (χ0) is 21.8. The Morgan fingerprint density at radius 3 is 2.52 bits per heavy atom. The summed E-state index contributed by atoms with van der Waals surface area (Å²) < 4.78 is 5.55. The predicted octanol–water partition coefficient (Wildman–Crippen LogP) is 2.43. The molecule has 2 amide bonds. The van der Waals surface area contributed by atoms with Gasteiger partial charge in [-0.15, -0.1) is 0 Å². The van der Waals surface area contributed by atoms with Crippen molar-refractivity contribution in [2.75, 3.05) is 26.7 Å². The van der Waals surface area contributed by atoms with Crippen molar-refractivity contribution in [1.82, 2.24) is 9.80 Å². The molecule has 0 aliphatic carbocycles. The van der Waals surface area contributed by atoms with E-state index in [0.717, 1.165) is 12.0 Å². The highest BCUT2D eigenvalue weighted by molar-refractivity contribution is 6.30. The maximum Gasteiger partial charge on any atom is 0.410 e. The van der Waals surface area contributed by atoms with E-state index in [1.54, 1.807) is 29.0 Å². The predicted molar refractivity (Wildman–Crippen MR) is 113 cm³/mol. The summed E-state index contributed by atoms with van der Waals surface area (Å²) in [6.45, 7) is 5.93. The van der Waals surface area contributed by atoms with Crippen molar-refractivity contribution in [3.05, 3.63) is 34.9 Å². The van der Waals surface area contributed by atoms with E-state index < -0.39 is 29.9 Å². The summed E-state index contributed by atoms with van der Waals surface area (Å²) in [6, 6.07) is 6.45. The minimum Gasteiger partial charge on any atom is -0.444 e. The van der Waals surface area contributed by atoms with Crippen LogP contribution in [0, 0.1) is 0 Å². The number of likely N-dealkylation sites (tertiary alicyclic amines) is 1. The molecule has 8 heteroatoms. The van der Waals surface area contributed by atoms with Crippen molar-refractivity contribution in [2.45, 2.75) is 57.2 Å². The monoisotopic (exact) mass is 425 g/mol. The number of carbonyl (C=O) groups is 2. The molecule has 2 rings (SSSR count). The van der Waals surface area contributed by atoms with E-state index in [1.807, 2.05) is 32.9 Å². The molecule has 0 saturated carbocycles. The Labute approximate surface area is 177 Å². The van der Waals surface area contributed by atoms with Crippen LogP contribution in [0.3, 0.4) is 0 Å². The SMILES string of the molecule is CN(C(=O)C(N)CO)[C@@]1(Cc2ccc(Cl)cc2)CCCN(C(=O)OC(C)(C)C)C1. The van der Waals surface area contributed by atoms with Crippen molar-refractivity contribution in [2.24, 2.45) is 5.73 Å². The number of carbonyl (C=O) groups excluding carboxylic acids is 2. The third-order valence-corrected chi connectivity index (χ3v) is 5.46. The van der Waals surface area contributed by atoms with Gasteiger partial charge in [-0.25, -0.2) is 4.79 Å². The molecule has 1 unspecified atom stereocenters. The number of aliphatic hydroxyl groups is 1. The second kappa shape index (κ2) is 9.32. The molecule has 3 N–H and O–H groups in total.